The van der Waals surface area contributed by atoms with Crippen LogP contribution in [0.25, 0.3) is 0 Å². The maximum absolute atomic E-state index is 12.1. The predicted molar refractivity (Wildman–Crippen MR) is 74.8 cm³/mol. The number of nitrogens with zero attached hydrogens (tertiary/aromatic N) is 4. The number of nitrogens with one attached hydrogen (secondary N) is 1. The first-order valence-corrected chi connectivity index (χ1v) is 6.66. The molecule has 7 heteroatoms. The van der Waals surface area contributed by atoms with Crippen molar-refractivity contribution in [1.29, 1.82) is 0 Å². The molecule has 2 rings (SSSR count). The molecule has 0 aliphatic carbocycles. The highest BCUT2D eigenvalue weighted by Gasteiger charge is 2.17. The van der Waals surface area contributed by atoms with Crippen molar-refractivity contribution in [3.8, 4) is 0 Å². The van der Waals surface area contributed by atoms with Gasteiger partial charge in [0.15, 0.2) is 5.69 Å². The third kappa shape index (κ3) is 2.56. The van der Waals surface area contributed by atoms with E-state index >= 15 is 0 Å². The summed E-state index contributed by atoms with van der Waals surface area (Å²) in [6, 6.07) is 0. The van der Waals surface area contributed by atoms with Gasteiger partial charge in [-0.25, -0.2) is 0 Å². The van der Waals surface area contributed by atoms with Gasteiger partial charge in [-0.15, -0.1) is 0 Å². The van der Waals surface area contributed by atoms with Crippen molar-refractivity contribution < 1.29 is 4.79 Å². The minimum absolute atomic E-state index is 0.196. The molecule has 6 nitrogen and oxygen atoms in total. The summed E-state index contributed by atoms with van der Waals surface area (Å²) in [6.45, 7) is 4.31. The second-order valence-electron chi connectivity index (χ2n) is 4.43. The molecule has 0 unspecified atom stereocenters. The summed E-state index contributed by atoms with van der Waals surface area (Å²) in [5.41, 5.74) is 3.36. The number of halogens is 1. The van der Waals surface area contributed by atoms with Crippen LogP contribution in [0.3, 0.4) is 0 Å². The van der Waals surface area contributed by atoms with Gasteiger partial charge in [-0.05, 0) is 29.8 Å². The summed E-state index contributed by atoms with van der Waals surface area (Å²) in [5.74, 6) is -0.196. The van der Waals surface area contributed by atoms with E-state index < -0.39 is 0 Å². The Labute approximate surface area is 119 Å². The molecule has 0 saturated heterocycles. The normalized spacial score (nSPS) is 10.8. The molecule has 0 saturated carbocycles. The smallest absolute Gasteiger partial charge is 0.273 e. The molecule has 102 valence electrons. The first-order valence-electron chi connectivity index (χ1n) is 5.86. The number of carbonyl (C=O) groups excluding carboxylic acids is 1. The second-order valence-corrected chi connectivity index (χ2v) is 5.23. The van der Waals surface area contributed by atoms with E-state index in [0.717, 1.165) is 21.4 Å². The second kappa shape index (κ2) is 5.16. The minimum atomic E-state index is -0.196. The molecule has 0 aliphatic rings. The Morgan fingerprint density at radius 3 is 2.47 bits per heavy atom. The van der Waals surface area contributed by atoms with Crippen molar-refractivity contribution in [3.63, 3.8) is 0 Å². The van der Waals surface area contributed by atoms with Gasteiger partial charge in [0, 0.05) is 31.9 Å². The molecule has 1 amide bonds. The van der Waals surface area contributed by atoms with Crippen LogP contribution in [0, 0.1) is 13.8 Å². The molecule has 2 aromatic rings. The lowest BCUT2D eigenvalue weighted by Gasteiger charge is -2.03. The highest BCUT2D eigenvalue weighted by molar-refractivity contribution is 9.10. The number of aryl methyl sites for hydroxylation is 2. The number of rotatable bonds is 3. The van der Waals surface area contributed by atoms with Gasteiger partial charge < -0.3 is 5.32 Å². The largest absolute Gasteiger partial charge is 0.346 e. The molecular formula is C12H16BrN5O. The minimum Gasteiger partial charge on any atom is -0.346 e. The average molecular weight is 326 g/mol. The standard InChI is InChI=1S/C12H16BrN5O/c1-7-9(6-15-17(7)3)5-14-12(19)11-10(13)8(2)18(4)16-11/h6H,5H2,1-4H3,(H,14,19). The van der Waals surface area contributed by atoms with Gasteiger partial charge in [0.2, 0.25) is 0 Å². The van der Waals surface area contributed by atoms with Crippen LogP contribution >= 0.6 is 15.9 Å². The van der Waals surface area contributed by atoms with E-state index in [2.05, 4.69) is 31.4 Å². The van der Waals surface area contributed by atoms with Crippen molar-refractivity contribution in [2.24, 2.45) is 14.1 Å². The molecule has 2 aromatic heterocycles. The van der Waals surface area contributed by atoms with Crippen LogP contribution in [-0.2, 0) is 20.6 Å². The lowest BCUT2D eigenvalue weighted by molar-refractivity contribution is 0.0944. The molecule has 2 heterocycles. The van der Waals surface area contributed by atoms with Crippen LogP contribution < -0.4 is 5.32 Å². The Morgan fingerprint density at radius 1 is 1.32 bits per heavy atom. The SMILES string of the molecule is Cc1c(CNC(=O)c2nn(C)c(C)c2Br)cnn1C. The van der Waals surface area contributed by atoms with Gasteiger partial charge in [-0.1, -0.05) is 0 Å². The van der Waals surface area contributed by atoms with E-state index in [9.17, 15) is 4.79 Å². The third-order valence-corrected chi connectivity index (χ3v) is 4.20. The summed E-state index contributed by atoms with van der Waals surface area (Å²) in [7, 11) is 3.68. The fourth-order valence-electron chi connectivity index (χ4n) is 1.70. The number of amides is 1. The Balaban J connectivity index is 2.10. The first kappa shape index (κ1) is 13.8. The summed E-state index contributed by atoms with van der Waals surface area (Å²) in [4.78, 5) is 12.1. The number of hydrogen-bond donors (Lipinski definition) is 1. The summed E-state index contributed by atoms with van der Waals surface area (Å²) in [6.07, 6.45) is 1.76. The number of carbonyl (C=O) groups is 1. The number of hydrogen-bond acceptors (Lipinski definition) is 3. The molecule has 0 radical (unpaired) electrons. The molecule has 0 fully saturated rings. The van der Waals surface area contributed by atoms with Gasteiger partial charge in [-0.2, -0.15) is 10.2 Å². The average Bonchev–Trinajstić information content (AvgIpc) is 2.83. The fraction of sp³-hybridized carbons (Fsp3) is 0.417. The zero-order valence-electron chi connectivity index (χ0n) is 11.4. The van der Waals surface area contributed by atoms with Crippen molar-refractivity contribution in [1.82, 2.24) is 24.9 Å². The summed E-state index contributed by atoms with van der Waals surface area (Å²) in [5, 5.41) is 11.2. The van der Waals surface area contributed by atoms with Gasteiger partial charge in [0.25, 0.3) is 5.91 Å². The van der Waals surface area contributed by atoms with Crippen molar-refractivity contribution in [2.75, 3.05) is 0 Å². The van der Waals surface area contributed by atoms with E-state index in [4.69, 9.17) is 0 Å². The van der Waals surface area contributed by atoms with Crippen LogP contribution in [0.5, 0.6) is 0 Å². The third-order valence-electron chi connectivity index (χ3n) is 3.25. The van der Waals surface area contributed by atoms with E-state index in [1.54, 1.807) is 15.6 Å². The van der Waals surface area contributed by atoms with Crippen molar-refractivity contribution >= 4 is 21.8 Å². The molecule has 0 spiro atoms. The molecule has 0 atom stereocenters. The van der Waals surface area contributed by atoms with Crippen molar-refractivity contribution in [3.05, 3.63) is 33.3 Å². The zero-order valence-corrected chi connectivity index (χ0v) is 12.9. The van der Waals surface area contributed by atoms with Gasteiger partial charge in [-0.3, -0.25) is 14.2 Å². The lowest BCUT2D eigenvalue weighted by Crippen LogP contribution is -2.24. The maximum atomic E-state index is 12.1. The molecule has 0 aliphatic heterocycles. The highest BCUT2D eigenvalue weighted by atomic mass is 79.9. The monoisotopic (exact) mass is 325 g/mol. The Bertz CT molecular complexity index is 628. The Morgan fingerprint density at radius 2 is 2.00 bits per heavy atom. The van der Waals surface area contributed by atoms with Gasteiger partial charge in [0.05, 0.1) is 16.4 Å². The molecular weight excluding hydrogens is 310 g/mol. The van der Waals surface area contributed by atoms with Gasteiger partial charge in [0.1, 0.15) is 0 Å². The lowest BCUT2D eigenvalue weighted by atomic mass is 10.2. The topological polar surface area (TPSA) is 64.7 Å². The zero-order chi connectivity index (χ0) is 14.2. The highest BCUT2D eigenvalue weighted by Crippen LogP contribution is 2.19. The Hall–Kier alpha value is -1.63. The van der Waals surface area contributed by atoms with Gasteiger partial charge >= 0.3 is 0 Å². The van der Waals surface area contributed by atoms with Crippen LogP contribution in [0.1, 0.15) is 27.4 Å². The van der Waals surface area contributed by atoms with Crippen LogP contribution in [0.2, 0.25) is 0 Å². The number of aromatic nitrogens is 4. The molecule has 0 aromatic carbocycles. The van der Waals surface area contributed by atoms with Crippen LogP contribution in [0.4, 0.5) is 0 Å². The van der Waals surface area contributed by atoms with E-state index in [1.165, 1.54) is 0 Å². The molecule has 19 heavy (non-hydrogen) atoms. The summed E-state index contributed by atoms with van der Waals surface area (Å²) < 4.78 is 4.19. The Kier molecular flexibility index (Phi) is 3.75. The van der Waals surface area contributed by atoms with Crippen LogP contribution in [-0.4, -0.2) is 25.5 Å². The summed E-state index contributed by atoms with van der Waals surface area (Å²) >= 11 is 3.39. The molecule has 0 bridgehead atoms. The van der Waals surface area contributed by atoms with E-state index in [1.807, 2.05) is 27.9 Å². The fourth-order valence-corrected chi connectivity index (χ4v) is 2.22. The first-order chi connectivity index (χ1) is 8.91. The maximum Gasteiger partial charge on any atom is 0.273 e. The van der Waals surface area contributed by atoms with Crippen molar-refractivity contribution in [2.45, 2.75) is 20.4 Å². The molecule has 1 N–H and O–H groups in total. The quantitative estimate of drug-likeness (QED) is 0.929. The van der Waals surface area contributed by atoms with E-state index in [0.29, 0.717) is 12.2 Å². The predicted octanol–water partition coefficient (Wildman–Crippen LogP) is 1.46. The van der Waals surface area contributed by atoms with Crippen LogP contribution in [0.15, 0.2) is 10.7 Å². The van der Waals surface area contributed by atoms with E-state index in [-0.39, 0.29) is 5.91 Å².